The van der Waals surface area contributed by atoms with Crippen LogP contribution in [0.2, 0.25) is 0 Å². The molecule has 172 valence electrons. The topological polar surface area (TPSA) is 59.1 Å². The fourth-order valence-electron chi connectivity index (χ4n) is 5.90. The van der Waals surface area contributed by atoms with Crippen LogP contribution in [0.25, 0.3) is 0 Å². The van der Waals surface area contributed by atoms with Crippen LogP contribution in [0.15, 0.2) is 63.8 Å². The summed E-state index contributed by atoms with van der Waals surface area (Å²) < 4.78 is 14.1. The Morgan fingerprint density at radius 2 is 1.67 bits per heavy atom. The van der Waals surface area contributed by atoms with Gasteiger partial charge in [0.1, 0.15) is 36.9 Å². The molecule has 0 spiro atoms. The molecule has 6 rings (SSSR count). The number of hydrogen-bond acceptors (Lipinski definition) is 6. The van der Waals surface area contributed by atoms with E-state index in [9.17, 15) is 9.90 Å². The number of hydrogen-bond donors (Lipinski definition) is 1. The normalized spacial score (nSPS) is 32.4. The number of carbonyl (C=O) groups is 1. The van der Waals surface area contributed by atoms with Crippen LogP contribution < -0.4 is 0 Å². The predicted molar refractivity (Wildman–Crippen MR) is 131 cm³/mol. The number of thiophene rings is 2. The number of ether oxygens (including phenoxy) is 2. The summed E-state index contributed by atoms with van der Waals surface area (Å²) in [4.78, 5) is 14.6. The lowest BCUT2D eigenvalue weighted by atomic mass is 9.93. The van der Waals surface area contributed by atoms with Gasteiger partial charge in [-0.15, -0.1) is 22.7 Å². The smallest absolute Gasteiger partial charge is 0.349 e. The first kappa shape index (κ1) is 21.9. The molecule has 3 aliphatic heterocycles. The Morgan fingerprint density at radius 3 is 2.18 bits per heavy atom. The third-order valence-electron chi connectivity index (χ3n) is 7.61. The molecule has 0 amide bonds. The number of quaternary nitrogens is 1. The lowest BCUT2D eigenvalue weighted by molar-refractivity contribution is -0.968. The lowest BCUT2D eigenvalue weighted by Crippen LogP contribution is -2.62. The summed E-state index contributed by atoms with van der Waals surface area (Å²) >= 11 is 6.26. The summed E-state index contributed by atoms with van der Waals surface area (Å²) in [6.07, 6.45) is 1.77. The highest BCUT2D eigenvalue weighted by Crippen LogP contribution is 2.53. The van der Waals surface area contributed by atoms with Gasteiger partial charge in [-0.3, -0.25) is 0 Å². The van der Waals surface area contributed by atoms with Crippen molar-refractivity contribution in [3.05, 3.63) is 79.1 Å². The first-order valence-corrected chi connectivity index (χ1v) is 13.7. The molecule has 4 atom stereocenters. The monoisotopic (exact) mass is 546 g/mol. The average Bonchev–Trinajstić information content (AvgIpc) is 3.15. The first-order valence-electron chi connectivity index (χ1n) is 11.2. The Labute approximate surface area is 209 Å². The summed E-state index contributed by atoms with van der Waals surface area (Å²) in [5, 5.41) is 15.3. The number of halogens is 1. The van der Waals surface area contributed by atoms with Crippen molar-refractivity contribution in [3.8, 4) is 0 Å². The number of aliphatic hydroxyl groups is 1. The standard InChI is InChI=1S/C25H25BrNO4S2/c1-27(14-15-6-8-16(26)9-7-15)18-12-17(13-19(27)23-22(18)31-23)30-24(28)25(29,20-4-2-10-32-20)21-5-3-11-33-21/h2-11,17-19,22-23,29H,12-14H2,1H3/q+1. The van der Waals surface area contributed by atoms with Gasteiger partial charge in [0.25, 0.3) is 0 Å². The van der Waals surface area contributed by atoms with Crippen LogP contribution >= 0.6 is 38.6 Å². The minimum absolute atomic E-state index is 0.216. The number of benzene rings is 1. The van der Waals surface area contributed by atoms with E-state index in [4.69, 9.17) is 9.47 Å². The molecule has 3 aliphatic rings. The number of esters is 1. The molecule has 3 saturated heterocycles. The van der Waals surface area contributed by atoms with Crippen LogP contribution in [0.4, 0.5) is 0 Å². The number of carbonyl (C=O) groups excluding carboxylic acids is 1. The van der Waals surface area contributed by atoms with Crippen molar-refractivity contribution in [3.63, 3.8) is 0 Å². The summed E-state index contributed by atoms with van der Waals surface area (Å²) in [5.74, 6) is -0.574. The second kappa shape index (κ2) is 8.00. The van der Waals surface area contributed by atoms with Crippen molar-refractivity contribution in [2.24, 2.45) is 0 Å². The highest BCUT2D eigenvalue weighted by atomic mass is 79.9. The largest absolute Gasteiger partial charge is 0.459 e. The third-order valence-corrected chi connectivity index (χ3v) is 10.1. The van der Waals surface area contributed by atoms with Crippen LogP contribution in [-0.4, -0.2) is 53.0 Å². The van der Waals surface area contributed by atoms with Gasteiger partial charge in [0.05, 0.1) is 16.8 Å². The van der Waals surface area contributed by atoms with Crippen molar-refractivity contribution in [1.82, 2.24) is 0 Å². The number of epoxide rings is 1. The maximum atomic E-state index is 13.4. The van der Waals surface area contributed by atoms with Crippen molar-refractivity contribution in [2.75, 3.05) is 7.05 Å². The van der Waals surface area contributed by atoms with Crippen LogP contribution in [0.1, 0.15) is 28.2 Å². The fourth-order valence-corrected chi connectivity index (χ4v) is 7.88. The molecule has 2 aromatic heterocycles. The molecule has 1 N–H and O–H groups in total. The third kappa shape index (κ3) is 3.54. The van der Waals surface area contributed by atoms with E-state index < -0.39 is 11.6 Å². The Morgan fingerprint density at radius 1 is 1.09 bits per heavy atom. The van der Waals surface area contributed by atoms with Crippen LogP contribution in [0.5, 0.6) is 0 Å². The number of rotatable bonds is 6. The van der Waals surface area contributed by atoms with E-state index in [-0.39, 0.29) is 30.4 Å². The van der Waals surface area contributed by atoms with Gasteiger partial charge in [-0.25, -0.2) is 4.79 Å². The molecular formula is C25H25BrNO4S2+. The highest BCUT2D eigenvalue weighted by Gasteiger charge is 2.72. The molecule has 3 aromatic rings. The lowest BCUT2D eigenvalue weighted by Gasteiger charge is -2.48. The number of morpholine rings is 1. The quantitative estimate of drug-likeness (QED) is 0.277. The summed E-state index contributed by atoms with van der Waals surface area (Å²) in [5.41, 5.74) is -0.453. The van der Waals surface area contributed by atoms with Crippen molar-refractivity contribution >= 4 is 44.6 Å². The molecule has 5 nitrogen and oxygen atoms in total. The Balaban J connectivity index is 1.22. The van der Waals surface area contributed by atoms with Crippen molar-refractivity contribution in [2.45, 2.75) is 55.4 Å². The summed E-state index contributed by atoms with van der Waals surface area (Å²) in [7, 11) is 2.32. The number of likely N-dealkylation sites (N-methyl/N-ethyl adjacent to an activating group) is 1. The van der Waals surface area contributed by atoms with E-state index in [0.29, 0.717) is 9.75 Å². The zero-order valence-corrected chi connectivity index (χ0v) is 21.3. The Bertz CT molecular complexity index is 1100. The van der Waals surface area contributed by atoms with E-state index in [1.54, 1.807) is 12.1 Å². The molecule has 33 heavy (non-hydrogen) atoms. The van der Waals surface area contributed by atoms with Crippen molar-refractivity contribution in [1.29, 1.82) is 0 Å². The van der Waals surface area contributed by atoms with Gasteiger partial charge in [-0.2, -0.15) is 0 Å². The molecule has 8 heteroatoms. The number of nitrogens with zero attached hydrogens (tertiary/aromatic N) is 1. The van der Waals surface area contributed by atoms with Crippen LogP contribution in [0.3, 0.4) is 0 Å². The minimum atomic E-state index is -1.76. The fraction of sp³-hybridized carbons (Fsp3) is 0.400. The van der Waals surface area contributed by atoms with Gasteiger partial charge in [0, 0.05) is 22.9 Å². The Kier molecular flexibility index (Phi) is 5.32. The molecule has 0 radical (unpaired) electrons. The maximum Gasteiger partial charge on any atom is 0.349 e. The summed E-state index contributed by atoms with van der Waals surface area (Å²) in [6, 6.07) is 16.4. The number of piperidine rings is 1. The molecule has 2 bridgehead atoms. The SMILES string of the molecule is C[N+]1(Cc2ccc(Br)cc2)C2CC(OC(=O)C(O)(c3cccs3)c3cccs3)CC1C1OC12. The van der Waals surface area contributed by atoms with E-state index >= 15 is 0 Å². The van der Waals surface area contributed by atoms with Crippen LogP contribution in [0, 0.1) is 0 Å². The zero-order valence-electron chi connectivity index (χ0n) is 18.1. The van der Waals surface area contributed by atoms with Gasteiger partial charge >= 0.3 is 5.97 Å². The van der Waals surface area contributed by atoms with Gasteiger partial charge in [0.15, 0.2) is 0 Å². The van der Waals surface area contributed by atoms with Gasteiger partial charge in [-0.05, 0) is 35.0 Å². The summed E-state index contributed by atoms with van der Waals surface area (Å²) in [6.45, 7) is 0.938. The molecule has 3 fully saturated rings. The second-order valence-corrected chi connectivity index (χ2v) is 12.3. The second-order valence-electron chi connectivity index (χ2n) is 9.50. The van der Waals surface area contributed by atoms with Gasteiger partial charge in [0.2, 0.25) is 5.60 Å². The molecule has 0 saturated carbocycles. The number of fused-ring (bicyclic) bond motifs is 5. The molecule has 1 aromatic carbocycles. The van der Waals surface area contributed by atoms with E-state index in [2.05, 4.69) is 47.2 Å². The highest BCUT2D eigenvalue weighted by molar-refractivity contribution is 9.10. The van der Waals surface area contributed by atoms with Crippen molar-refractivity contribution < 1.29 is 23.9 Å². The van der Waals surface area contributed by atoms with Crippen LogP contribution in [-0.2, 0) is 26.4 Å². The maximum absolute atomic E-state index is 13.4. The predicted octanol–water partition coefficient (Wildman–Crippen LogP) is 4.68. The Hall–Kier alpha value is -1.55. The minimum Gasteiger partial charge on any atom is -0.459 e. The molecule has 5 heterocycles. The molecular weight excluding hydrogens is 522 g/mol. The zero-order chi connectivity index (χ0) is 22.8. The van der Waals surface area contributed by atoms with E-state index in [1.165, 1.54) is 28.2 Å². The van der Waals surface area contributed by atoms with E-state index in [0.717, 1.165) is 28.3 Å². The molecule has 0 aliphatic carbocycles. The van der Waals surface area contributed by atoms with Gasteiger partial charge in [-0.1, -0.05) is 40.2 Å². The molecule has 4 unspecified atom stereocenters. The average molecular weight is 548 g/mol. The van der Waals surface area contributed by atoms with Gasteiger partial charge < -0.3 is 19.1 Å². The van der Waals surface area contributed by atoms with E-state index in [1.807, 2.05) is 22.9 Å². The first-order chi connectivity index (χ1) is 15.9.